The topological polar surface area (TPSA) is 165 Å². The van der Waals surface area contributed by atoms with Crippen LogP contribution in [0, 0.1) is 13.8 Å². The van der Waals surface area contributed by atoms with Crippen LogP contribution in [0.2, 0.25) is 0 Å². The Bertz CT molecular complexity index is 1350. The maximum Gasteiger partial charge on any atom is 0.291 e. The summed E-state index contributed by atoms with van der Waals surface area (Å²) in [6.45, 7) is 4.21. The van der Waals surface area contributed by atoms with Gasteiger partial charge in [-0.15, -0.1) is 20.5 Å². The van der Waals surface area contributed by atoms with E-state index in [0.29, 0.717) is 53.9 Å². The summed E-state index contributed by atoms with van der Waals surface area (Å²) in [7, 11) is 0. The Hall–Kier alpha value is -4.74. The third kappa shape index (κ3) is 5.79. The second kappa shape index (κ2) is 10.9. The molecule has 2 aromatic carbocycles. The van der Waals surface area contributed by atoms with Crippen LogP contribution in [0.25, 0.3) is 0 Å². The quantitative estimate of drug-likeness (QED) is 0.187. The van der Waals surface area contributed by atoms with Gasteiger partial charge in [-0.05, 0) is 38.1 Å². The van der Waals surface area contributed by atoms with Gasteiger partial charge in [-0.1, -0.05) is 24.3 Å². The number of azo groups is 2. The van der Waals surface area contributed by atoms with Crippen LogP contribution < -0.4 is 20.6 Å². The summed E-state index contributed by atoms with van der Waals surface area (Å²) in [6, 6.07) is 14.4. The van der Waals surface area contributed by atoms with Crippen molar-refractivity contribution in [2.75, 3.05) is 13.2 Å². The van der Waals surface area contributed by atoms with Crippen LogP contribution in [0.3, 0.4) is 0 Å². The van der Waals surface area contributed by atoms with E-state index >= 15 is 0 Å². The first-order chi connectivity index (χ1) is 17.0. The zero-order valence-electron chi connectivity index (χ0n) is 19.2. The normalized spacial score (nSPS) is 11.5. The molecule has 0 saturated carbocycles. The summed E-state index contributed by atoms with van der Waals surface area (Å²) in [5.74, 6) is 1.09. The zero-order valence-corrected chi connectivity index (χ0v) is 19.2. The third-order valence-electron chi connectivity index (χ3n) is 4.92. The highest BCUT2D eigenvalue weighted by atomic mass is 16.5. The number of para-hydroxylation sites is 2. The monoisotopic (exact) mass is 476 g/mol. The molecule has 0 radical (unpaired) electrons. The number of H-pyrrole nitrogens is 4. The van der Waals surface area contributed by atoms with Gasteiger partial charge in [0.15, 0.2) is 11.4 Å². The molecule has 4 N–H and O–H groups in total. The Morgan fingerprint density at radius 2 is 1.06 bits per heavy atom. The summed E-state index contributed by atoms with van der Waals surface area (Å²) in [5, 5.41) is 26.7. The lowest BCUT2D eigenvalue weighted by Gasteiger charge is -2.10. The van der Waals surface area contributed by atoms with Crippen LogP contribution in [0.4, 0.5) is 22.7 Å². The highest BCUT2D eigenvalue weighted by Crippen LogP contribution is 2.30. The van der Waals surface area contributed by atoms with Gasteiger partial charge in [0, 0.05) is 6.42 Å². The molecule has 4 aromatic rings. The van der Waals surface area contributed by atoms with E-state index in [4.69, 9.17) is 9.47 Å². The fraction of sp³-hybridized carbons (Fsp3) is 0.217. The largest absolute Gasteiger partial charge is 0.491 e. The van der Waals surface area contributed by atoms with E-state index in [9.17, 15) is 9.59 Å². The van der Waals surface area contributed by atoms with Crippen LogP contribution in [0.1, 0.15) is 17.8 Å². The molecular weight excluding hydrogens is 452 g/mol. The maximum absolute atomic E-state index is 11.7. The average molecular weight is 476 g/mol. The lowest BCUT2D eigenvalue weighted by atomic mass is 10.3. The maximum atomic E-state index is 11.7. The Kier molecular flexibility index (Phi) is 7.31. The molecule has 12 nitrogen and oxygen atoms in total. The SMILES string of the molecule is Cc1[nH][nH]c(=O)c1N=Nc1ccccc1OCCCOc1ccccc1N=Nc1c(C)[nH][nH]c1=O. The van der Waals surface area contributed by atoms with E-state index in [-0.39, 0.29) is 22.5 Å². The predicted octanol–water partition coefficient (Wildman–Crippen LogP) is 5.01. The second-order valence-electron chi connectivity index (χ2n) is 7.49. The highest BCUT2D eigenvalue weighted by Gasteiger charge is 2.08. The van der Waals surface area contributed by atoms with Gasteiger partial charge in [-0.2, -0.15) is 0 Å². The van der Waals surface area contributed by atoms with Gasteiger partial charge < -0.3 is 19.7 Å². The summed E-state index contributed by atoms with van der Waals surface area (Å²) in [6.07, 6.45) is 0.587. The molecular formula is C23H24N8O4. The van der Waals surface area contributed by atoms with Gasteiger partial charge >= 0.3 is 0 Å². The van der Waals surface area contributed by atoms with Gasteiger partial charge in [0.25, 0.3) is 11.1 Å². The van der Waals surface area contributed by atoms with E-state index in [2.05, 4.69) is 40.9 Å². The minimum absolute atomic E-state index is 0.222. The molecule has 0 spiro atoms. The van der Waals surface area contributed by atoms with E-state index < -0.39 is 0 Å². The van der Waals surface area contributed by atoms with Crippen LogP contribution >= 0.6 is 0 Å². The molecule has 0 aliphatic carbocycles. The van der Waals surface area contributed by atoms with Crippen molar-refractivity contribution in [1.82, 2.24) is 20.4 Å². The van der Waals surface area contributed by atoms with Crippen LogP contribution in [-0.4, -0.2) is 33.6 Å². The van der Waals surface area contributed by atoms with Crippen molar-refractivity contribution in [1.29, 1.82) is 0 Å². The average Bonchev–Trinajstić information content (AvgIpc) is 3.36. The summed E-state index contributed by atoms with van der Waals surface area (Å²) < 4.78 is 11.7. The number of nitrogens with one attached hydrogen (secondary N) is 4. The number of hydrogen-bond donors (Lipinski definition) is 4. The van der Waals surface area contributed by atoms with Crippen molar-refractivity contribution in [2.24, 2.45) is 20.5 Å². The number of aromatic nitrogens is 4. The molecule has 0 aliphatic heterocycles. The Morgan fingerprint density at radius 3 is 1.46 bits per heavy atom. The highest BCUT2D eigenvalue weighted by molar-refractivity contribution is 5.52. The van der Waals surface area contributed by atoms with Gasteiger partial charge in [0.2, 0.25) is 0 Å². The molecule has 180 valence electrons. The predicted molar refractivity (Wildman–Crippen MR) is 129 cm³/mol. The lowest BCUT2D eigenvalue weighted by Crippen LogP contribution is -2.05. The van der Waals surface area contributed by atoms with Crippen LogP contribution in [0.5, 0.6) is 11.5 Å². The van der Waals surface area contributed by atoms with Gasteiger partial charge in [-0.25, -0.2) is 0 Å². The molecule has 0 bridgehead atoms. The van der Waals surface area contributed by atoms with Crippen molar-refractivity contribution in [3.05, 3.63) is 80.6 Å². The Labute approximate surface area is 199 Å². The van der Waals surface area contributed by atoms with E-state index in [1.807, 2.05) is 24.3 Å². The van der Waals surface area contributed by atoms with Gasteiger partial charge in [-0.3, -0.25) is 19.8 Å². The number of rotatable bonds is 10. The number of nitrogens with zero attached hydrogens (tertiary/aromatic N) is 4. The zero-order chi connectivity index (χ0) is 24.6. The third-order valence-corrected chi connectivity index (χ3v) is 4.92. The number of benzene rings is 2. The van der Waals surface area contributed by atoms with Crippen molar-refractivity contribution in [3.63, 3.8) is 0 Å². The van der Waals surface area contributed by atoms with Gasteiger partial charge in [0.1, 0.15) is 22.9 Å². The number of aryl methyl sites for hydroxylation is 2. The minimum Gasteiger partial charge on any atom is -0.491 e. The molecule has 0 amide bonds. The molecule has 0 fully saturated rings. The van der Waals surface area contributed by atoms with Gasteiger partial charge in [0.05, 0.1) is 24.6 Å². The Balaban J connectivity index is 1.33. The van der Waals surface area contributed by atoms with E-state index in [1.54, 1.807) is 38.1 Å². The standard InChI is InChI=1S/C23H24N8O4/c1-14-20(22(32)30-24-14)28-26-16-8-3-5-10-18(16)34-12-7-13-35-19-11-6-4-9-17(19)27-29-21-15(2)25-31-23(21)33/h3-6,8-11H,7,12-13H2,1-2H3,(H2,24,30,32)(H2,25,31,33). The molecule has 0 unspecified atom stereocenters. The molecule has 2 aromatic heterocycles. The summed E-state index contributed by atoms with van der Waals surface area (Å²) in [5.41, 5.74) is 1.99. The molecule has 35 heavy (non-hydrogen) atoms. The summed E-state index contributed by atoms with van der Waals surface area (Å²) >= 11 is 0. The van der Waals surface area contributed by atoms with E-state index in [0.717, 1.165) is 0 Å². The number of ether oxygens (including phenoxy) is 2. The molecule has 12 heteroatoms. The fourth-order valence-corrected chi connectivity index (χ4v) is 3.07. The van der Waals surface area contributed by atoms with Crippen molar-refractivity contribution in [3.8, 4) is 11.5 Å². The molecule has 0 atom stereocenters. The van der Waals surface area contributed by atoms with Crippen LogP contribution in [-0.2, 0) is 0 Å². The number of hydrogen-bond acceptors (Lipinski definition) is 8. The first-order valence-electron chi connectivity index (χ1n) is 10.8. The van der Waals surface area contributed by atoms with Crippen LogP contribution in [0.15, 0.2) is 78.6 Å². The lowest BCUT2D eigenvalue weighted by molar-refractivity contribution is 0.248. The van der Waals surface area contributed by atoms with Crippen molar-refractivity contribution in [2.45, 2.75) is 20.3 Å². The summed E-state index contributed by atoms with van der Waals surface area (Å²) in [4.78, 5) is 23.5. The smallest absolute Gasteiger partial charge is 0.291 e. The Morgan fingerprint density at radius 1 is 0.629 bits per heavy atom. The van der Waals surface area contributed by atoms with E-state index in [1.165, 1.54) is 0 Å². The first-order valence-corrected chi connectivity index (χ1v) is 10.8. The molecule has 2 heterocycles. The second-order valence-corrected chi connectivity index (χ2v) is 7.49. The number of aromatic amines is 4. The molecule has 4 rings (SSSR count). The molecule has 0 aliphatic rings. The van der Waals surface area contributed by atoms with Crippen molar-refractivity contribution < 1.29 is 9.47 Å². The minimum atomic E-state index is -0.336. The fourth-order valence-electron chi connectivity index (χ4n) is 3.07. The molecule has 0 saturated heterocycles. The first kappa shape index (κ1) is 23.4. The van der Waals surface area contributed by atoms with Crippen molar-refractivity contribution >= 4 is 22.7 Å².